The van der Waals surface area contributed by atoms with Crippen LogP contribution in [0.15, 0.2) is 29.2 Å². The molecule has 12 heavy (non-hydrogen) atoms. The summed E-state index contributed by atoms with van der Waals surface area (Å²) in [5.74, 6) is 0.838. The summed E-state index contributed by atoms with van der Waals surface area (Å²) in [5, 5.41) is 9.06. The molecule has 0 radical (unpaired) electrons. The van der Waals surface area contributed by atoms with Crippen molar-refractivity contribution in [2.75, 3.05) is 7.11 Å². The minimum Gasteiger partial charge on any atom is -0.497 e. The van der Waals surface area contributed by atoms with Crippen molar-refractivity contribution in [3.63, 3.8) is 0 Å². The standard InChI is InChI=1S/C9H12O2S/c1-7(10)12-9-5-3-8(11-2)4-6-9/h3-7,10H,1-2H3/t7-/m0/s1. The van der Waals surface area contributed by atoms with Crippen LogP contribution in [0.25, 0.3) is 0 Å². The van der Waals surface area contributed by atoms with E-state index in [9.17, 15) is 0 Å². The molecule has 0 spiro atoms. The Bertz CT molecular complexity index is 231. The van der Waals surface area contributed by atoms with Gasteiger partial charge >= 0.3 is 0 Å². The molecule has 0 saturated heterocycles. The quantitative estimate of drug-likeness (QED) is 0.576. The number of hydrogen-bond acceptors (Lipinski definition) is 3. The van der Waals surface area contributed by atoms with Crippen molar-refractivity contribution in [1.82, 2.24) is 0 Å². The van der Waals surface area contributed by atoms with Gasteiger partial charge in [-0.1, -0.05) is 11.8 Å². The summed E-state index contributed by atoms with van der Waals surface area (Å²) in [4.78, 5) is 1.05. The highest BCUT2D eigenvalue weighted by atomic mass is 32.2. The third-order valence-corrected chi connectivity index (χ3v) is 2.25. The Morgan fingerprint density at radius 3 is 2.33 bits per heavy atom. The number of hydrogen-bond donors (Lipinski definition) is 1. The predicted molar refractivity (Wildman–Crippen MR) is 50.5 cm³/mol. The van der Waals surface area contributed by atoms with Crippen LogP contribution in [0.4, 0.5) is 0 Å². The van der Waals surface area contributed by atoms with Gasteiger partial charge in [-0.15, -0.1) is 0 Å². The first-order chi connectivity index (χ1) is 5.72. The first kappa shape index (κ1) is 9.42. The third-order valence-electron chi connectivity index (χ3n) is 1.37. The van der Waals surface area contributed by atoms with Gasteiger partial charge in [0.05, 0.1) is 7.11 Å². The zero-order valence-corrected chi connectivity index (χ0v) is 7.97. The molecule has 0 bridgehead atoms. The molecule has 0 saturated carbocycles. The second-order valence-corrected chi connectivity index (χ2v) is 3.78. The van der Waals surface area contributed by atoms with Crippen molar-refractivity contribution in [3.05, 3.63) is 24.3 Å². The highest BCUT2D eigenvalue weighted by Gasteiger charge is 1.98. The van der Waals surface area contributed by atoms with E-state index in [-0.39, 0.29) is 5.44 Å². The molecule has 0 amide bonds. The fourth-order valence-corrected chi connectivity index (χ4v) is 1.54. The molecule has 0 aromatic heterocycles. The summed E-state index contributed by atoms with van der Waals surface area (Å²) < 4.78 is 5.00. The van der Waals surface area contributed by atoms with Crippen molar-refractivity contribution >= 4 is 11.8 Å². The van der Waals surface area contributed by atoms with Crippen molar-refractivity contribution in [3.8, 4) is 5.75 Å². The van der Waals surface area contributed by atoms with E-state index >= 15 is 0 Å². The van der Waals surface area contributed by atoms with Gasteiger partial charge in [0.15, 0.2) is 0 Å². The molecule has 0 unspecified atom stereocenters. The molecule has 1 aromatic carbocycles. The van der Waals surface area contributed by atoms with Crippen LogP contribution in [0.5, 0.6) is 5.75 Å². The number of aliphatic hydroxyl groups excluding tert-OH is 1. The van der Waals surface area contributed by atoms with Crippen LogP contribution in [0.1, 0.15) is 6.92 Å². The van der Waals surface area contributed by atoms with Gasteiger partial charge in [0.2, 0.25) is 0 Å². The molecule has 1 aromatic rings. The maximum Gasteiger partial charge on any atom is 0.118 e. The highest BCUT2D eigenvalue weighted by Crippen LogP contribution is 2.23. The molecule has 0 aliphatic carbocycles. The molecule has 0 fully saturated rings. The van der Waals surface area contributed by atoms with Gasteiger partial charge in [0, 0.05) is 4.90 Å². The summed E-state index contributed by atoms with van der Waals surface area (Å²) in [6, 6.07) is 7.61. The Kier molecular flexibility index (Phi) is 3.44. The normalized spacial score (nSPS) is 12.6. The van der Waals surface area contributed by atoms with Crippen molar-refractivity contribution < 1.29 is 9.84 Å². The molecule has 3 heteroatoms. The van der Waals surface area contributed by atoms with Gasteiger partial charge in [-0.05, 0) is 31.2 Å². The number of rotatable bonds is 3. The monoisotopic (exact) mass is 184 g/mol. The Balaban J connectivity index is 2.65. The fraction of sp³-hybridized carbons (Fsp3) is 0.333. The second kappa shape index (κ2) is 4.38. The molecule has 0 aliphatic heterocycles. The van der Waals surface area contributed by atoms with E-state index in [0.29, 0.717) is 0 Å². The van der Waals surface area contributed by atoms with Crippen molar-refractivity contribution in [1.29, 1.82) is 0 Å². The van der Waals surface area contributed by atoms with Crippen LogP contribution in [-0.4, -0.2) is 17.7 Å². The Hall–Kier alpha value is -0.670. The van der Waals surface area contributed by atoms with Gasteiger partial charge in [-0.3, -0.25) is 0 Å². The number of thioether (sulfide) groups is 1. The van der Waals surface area contributed by atoms with Gasteiger partial charge in [-0.2, -0.15) is 0 Å². The number of benzene rings is 1. The minimum absolute atomic E-state index is 0.363. The Morgan fingerprint density at radius 2 is 1.92 bits per heavy atom. The summed E-state index contributed by atoms with van der Waals surface area (Å²) in [7, 11) is 1.64. The molecule has 2 nitrogen and oxygen atoms in total. The number of ether oxygens (including phenoxy) is 1. The Morgan fingerprint density at radius 1 is 1.33 bits per heavy atom. The SMILES string of the molecule is COc1ccc(S[C@@H](C)O)cc1. The zero-order chi connectivity index (χ0) is 8.97. The van der Waals surface area contributed by atoms with Crippen LogP contribution >= 0.6 is 11.8 Å². The van der Waals surface area contributed by atoms with E-state index in [0.717, 1.165) is 10.6 Å². The first-order valence-corrected chi connectivity index (χ1v) is 4.59. The van der Waals surface area contributed by atoms with Gasteiger partial charge in [0.1, 0.15) is 11.2 Å². The van der Waals surface area contributed by atoms with Crippen LogP contribution < -0.4 is 4.74 Å². The van der Waals surface area contributed by atoms with Gasteiger partial charge < -0.3 is 9.84 Å². The maximum absolute atomic E-state index is 9.06. The molecule has 1 atom stereocenters. The predicted octanol–water partition coefficient (Wildman–Crippen LogP) is 2.13. The lowest BCUT2D eigenvalue weighted by molar-refractivity contribution is 0.284. The van der Waals surface area contributed by atoms with E-state index in [1.54, 1.807) is 14.0 Å². The first-order valence-electron chi connectivity index (χ1n) is 3.71. The molecular formula is C9H12O2S. The van der Waals surface area contributed by atoms with Crippen LogP contribution in [0, 0.1) is 0 Å². The van der Waals surface area contributed by atoms with E-state index in [1.807, 2.05) is 24.3 Å². The van der Waals surface area contributed by atoms with Crippen LogP contribution in [0.2, 0.25) is 0 Å². The van der Waals surface area contributed by atoms with Crippen molar-refractivity contribution in [2.24, 2.45) is 0 Å². The molecule has 1 N–H and O–H groups in total. The lowest BCUT2D eigenvalue weighted by Gasteiger charge is -2.04. The van der Waals surface area contributed by atoms with E-state index in [4.69, 9.17) is 9.84 Å². The highest BCUT2D eigenvalue weighted by molar-refractivity contribution is 7.99. The molecule has 0 heterocycles. The average Bonchev–Trinajstić information content (AvgIpc) is 2.05. The van der Waals surface area contributed by atoms with E-state index in [2.05, 4.69) is 0 Å². The Labute approximate surface area is 76.6 Å². The second-order valence-electron chi connectivity index (χ2n) is 2.39. The largest absolute Gasteiger partial charge is 0.497 e. The summed E-state index contributed by atoms with van der Waals surface area (Å²) >= 11 is 1.42. The smallest absolute Gasteiger partial charge is 0.118 e. The zero-order valence-electron chi connectivity index (χ0n) is 7.15. The van der Waals surface area contributed by atoms with E-state index in [1.165, 1.54) is 11.8 Å². The van der Waals surface area contributed by atoms with Gasteiger partial charge in [0.25, 0.3) is 0 Å². The summed E-state index contributed by atoms with van der Waals surface area (Å²) in [5.41, 5.74) is -0.363. The lowest BCUT2D eigenvalue weighted by atomic mass is 10.3. The molecular weight excluding hydrogens is 172 g/mol. The fourth-order valence-electron chi connectivity index (χ4n) is 0.851. The third kappa shape index (κ3) is 2.75. The molecule has 1 rings (SSSR count). The van der Waals surface area contributed by atoms with Crippen LogP contribution in [0.3, 0.4) is 0 Å². The maximum atomic E-state index is 9.06. The summed E-state index contributed by atoms with van der Waals surface area (Å²) in [6.45, 7) is 1.74. The average molecular weight is 184 g/mol. The number of aliphatic hydroxyl groups is 1. The van der Waals surface area contributed by atoms with Crippen molar-refractivity contribution in [2.45, 2.75) is 17.3 Å². The topological polar surface area (TPSA) is 29.5 Å². The molecule has 66 valence electrons. The molecule has 0 aliphatic rings. The van der Waals surface area contributed by atoms with E-state index < -0.39 is 0 Å². The lowest BCUT2D eigenvalue weighted by Crippen LogP contribution is -1.90. The minimum atomic E-state index is -0.363. The number of methoxy groups -OCH3 is 1. The summed E-state index contributed by atoms with van der Waals surface area (Å²) in [6.07, 6.45) is 0. The van der Waals surface area contributed by atoms with Gasteiger partial charge in [-0.25, -0.2) is 0 Å². The van der Waals surface area contributed by atoms with Crippen LogP contribution in [-0.2, 0) is 0 Å².